The number of hydrogen-bond acceptors (Lipinski definition) is 2. The summed E-state index contributed by atoms with van der Waals surface area (Å²) in [5.74, 6) is 0.293. The molecule has 106 valence electrons. The maximum Gasteiger partial charge on any atom is 0.150 e. The van der Waals surface area contributed by atoms with Crippen LogP contribution in [-0.2, 0) is 6.54 Å². The van der Waals surface area contributed by atoms with Gasteiger partial charge in [0.05, 0.1) is 23.7 Å². The molecule has 1 fully saturated rings. The van der Waals surface area contributed by atoms with Crippen LogP contribution in [0.15, 0.2) is 24.4 Å². The topological polar surface area (TPSA) is 37.6 Å². The summed E-state index contributed by atoms with van der Waals surface area (Å²) in [5.41, 5.74) is 1.53. The quantitative estimate of drug-likeness (QED) is 0.892. The van der Waals surface area contributed by atoms with Crippen molar-refractivity contribution in [2.45, 2.75) is 32.2 Å². The molecule has 0 unspecified atom stereocenters. The van der Waals surface area contributed by atoms with Crippen molar-refractivity contribution in [3.8, 4) is 5.75 Å². The van der Waals surface area contributed by atoms with Crippen molar-refractivity contribution in [1.29, 1.82) is 0 Å². The Labute approximate surface area is 124 Å². The molecule has 1 saturated heterocycles. The zero-order valence-corrected chi connectivity index (χ0v) is 12.3. The molecule has 0 spiro atoms. The lowest BCUT2D eigenvalue weighted by Gasteiger charge is -2.18. The van der Waals surface area contributed by atoms with Crippen molar-refractivity contribution in [2.75, 3.05) is 13.1 Å². The van der Waals surface area contributed by atoms with Gasteiger partial charge in [-0.2, -0.15) is 0 Å². The number of phenols is 1. The second-order valence-electron chi connectivity index (χ2n) is 5.61. The predicted molar refractivity (Wildman–Crippen MR) is 81.3 cm³/mol. The first-order valence-electron chi connectivity index (χ1n) is 7.34. The molecular formula is C16H20ClN2O+. The van der Waals surface area contributed by atoms with E-state index >= 15 is 0 Å². The van der Waals surface area contributed by atoms with E-state index in [1.807, 2.05) is 18.2 Å². The third-order valence-electron chi connectivity index (χ3n) is 4.15. The fourth-order valence-corrected chi connectivity index (χ4v) is 3.33. The van der Waals surface area contributed by atoms with Gasteiger partial charge in [-0.3, -0.25) is 4.98 Å². The van der Waals surface area contributed by atoms with E-state index < -0.39 is 0 Å². The second kappa shape index (κ2) is 5.98. The number of aromatic nitrogens is 1. The maximum absolute atomic E-state index is 10.4. The zero-order chi connectivity index (χ0) is 13.9. The van der Waals surface area contributed by atoms with Gasteiger partial charge in [-0.1, -0.05) is 11.6 Å². The number of likely N-dealkylation sites (tertiary alicyclic amines) is 1. The van der Waals surface area contributed by atoms with Gasteiger partial charge in [0.25, 0.3) is 0 Å². The summed E-state index contributed by atoms with van der Waals surface area (Å²) in [7, 11) is 0. The van der Waals surface area contributed by atoms with Crippen LogP contribution in [0.1, 0.15) is 31.2 Å². The Morgan fingerprint density at radius 1 is 1.20 bits per heavy atom. The van der Waals surface area contributed by atoms with Crippen molar-refractivity contribution in [3.63, 3.8) is 0 Å². The maximum atomic E-state index is 10.4. The van der Waals surface area contributed by atoms with Crippen LogP contribution in [-0.4, -0.2) is 23.2 Å². The summed E-state index contributed by atoms with van der Waals surface area (Å²) in [5, 5.41) is 11.9. The molecule has 4 heteroatoms. The van der Waals surface area contributed by atoms with Crippen molar-refractivity contribution >= 4 is 22.5 Å². The summed E-state index contributed by atoms with van der Waals surface area (Å²) in [6.45, 7) is 3.19. The molecule has 2 N–H and O–H groups in total. The third-order valence-corrected chi connectivity index (χ3v) is 4.46. The monoisotopic (exact) mass is 291 g/mol. The van der Waals surface area contributed by atoms with Gasteiger partial charge in [0.2, 0.25) is 0 Å². The van der Waals surface area contributed by atoms with Crippen LogP contribution in [0.25, 0.3) is 10.9 Å². The lowest BCUT2D eigenvalue weighted by atomic mass is 10.1. The van der Waals surface area contributed by atoms with E-state index in [0.29, 0.717) is 16.3 Å². The Kier molecular flexibility index (Phi) is 4.08. The second-order valence-corrected chi connectivity index (χ2v) is 6.01. The normalized spacial score (nSPS) is 17.2. The number of nitrogens with zero attached hydrogens (tertiary/aromatic N) is 1. The molecule has 0 atom stereocenters. The van der Waals surface area contributed by atoms with E-state index in [4.69, 9.17) is 11.6 Å². The highest BCUT2D eigenvalue weighted by Crippen LogP contribution is 2.32. The molecule has 20 heavy (non-hydrogen) atoms. The minimum atomic E-state index is 0.293. The van der Waals surface area contributed by atoms with Gasteiger partial charge in [0.1, 0.15) is 12.1 Å². The van der Waals surface area contributed by atoms with Gasteiger partial charge in [-0.05, 0) is 43.9 Å². The van der Waals surface area contributed by atoms with E-state index in [1.165, 1.54) is 43.7 Å². The summed E-state index contributed by atoms with van der Waals surface area (Å²) in [6, 6.07) is 5.64. The van der Waals surface area contributed by atoms with Crippen molar-refractivity contribution in [1.82, 2.24) is 4.98 Å². The van der Waals surface area contributed by atoms with Gasteiger partial charge >= 0.3 is 0 Å². The van der Waals surface area contributed by atoms with Crippen LogP contribution < -0.4 is 4.90 Å². The fraction of sp³-hybridized carbons (Fsp3) is 0.438. The number of hydrogen-bond donors (Lipinski definition) is 2. The largest absolute Gasteiger partial charge is 0.505 e. The van der Waals surface area contributed by atoms with Gasteiger partial charge in [0.15, 0.2) is 5.75 Å². The van der Waals surface area contributed by atoms with Crippen LogP contribution in [0.4, 0.5) is 0 Å². The van der Waals surface area contributed by atoms with E-state index in [0.717, 1.165) is 17.5 Å². The molecule has 1 aliphatic heterocycles. The SMILES string of the molecule is Oc1c(C[NH+]2CCCCCC2)cc(Cl)c2cccnc12. The standard InChI is InChI=1S/C16H19ClN2O/c17-14-10-12(11-19-8-3-1-2-4-9-19)16(20)15-13(14)6-5-7-18-15/h5-7,10,20H,1-4,8-9,11H2/p+1. The third kappa shape index (κ3) is 2.74. The van der Waals surface area contributed by atoms with Crippen LogP contribution in [0.5, 0.6) is 5.75 Å². The first kappa shape index (κ1) is 13.7. The van der Waals surface area contributed by atoms with Crippen molar-refractivity contribution < 1.29 is 10.0 Å². The average molecular weight is 292 g/mol. The van der Waals surface area contributed by atoms with Crippen LogP contribution in [0, 0.1) is 0 Å². The van der Waals surface area contributed by atoms with Crippen LogP contribution in [0.3, 0.4) is 0 Å². The highest BCUT2D eigenvalue weighted by Gasteiger charge is 2.18. The number of phenolic OH excluding ortho intramolecular Hbond substituents is 1. The molecule has 2 heterocycles. The van der Waals surface area contributed by atoms with Crippen LogP contribution in [0.2, 0.25) is 5.02 Å². The molecule has 1 aromatic heterocycles. The number of nitrogens with one attached hydrogen (secondary N) is 1. The molecule has 0 aliphatic carbocycles. The Bertz CT molecular complexity index is 607. The number of quaternary nitrogens is 1. The van der Waals surface area contributed by atoms with Gasteiger partial charge in [0, 0.05) is 11.6 Å². The average Bonchev–Trinajstić information content (AvgIpc) is 2.73. The Hall–Kier alpha value is -1.32. The molecule has 0 bridgehead atoms. The number of aromatic hydroxyl groups is 1. The minimum Gasteiger partial charge on any atom is -0.505 e. The molecule has 2 aromatic rings. The van der Waals surface area contributed by atoms with E-state index in [1.54, 1.807) is 6.20 Å². The number of pyridine rings is 1. The molecule has 1 aromatic carbocycles. The Balaban J connectivity index is 1.93. The zero-order valence-electron chi connectivity index (χ0n) is 11.5. The fourth-order valence-electron chi connectivity index (χ4n) is 3.05. The summed E-state index contributed by atoms with van der Waals surface area (Å²) in [6.07, 6.45) is 6.90. The molecule has 0 radical (unpaired) electrons. The molecule has 1 aliphatic rings. The Morgan fingerprint density at radius 2 is 1.95 bits per heavy atom. The number of benzene rings is 1. The lowest BCUT2D eigenvalue weighted by Crippen LogP contribution is -3.10. The smallest absolute Gasteiger partial charge is 0.150 e. The first-order chi connectivity index (χ1) is 9.75. The van der Waals surface area contributed by atoms with Gasteiger partial charge in [-0.15, -0.1) is 0 Å². The molecular weight excluding hydrogens is 272 g/mol. The lowest BCUT2D eigenvalue weighted by molar-refractivity contribution is -0.913. The Morgan fingerprint density at radius 3 is 2.70 bits per heavy atom. The van der Waals surface area contributed by atoms with Crippen molar-refractivity contribution in [2.24, 2.45) is 0 Å². The van der Waals surface area contributed by atoms with E-state index in [-0.39, 0.29) is 0 Å². The molecule has 3 rings (SSSR count). The number of fused-ring (bicyclic) bond motifs is 1. The number of rotatable bonds is 2. The summed E-state index contributed by atoms with van der Waals surface area (Å²) >= 11 is 6.32. The summed E-state index contributed by atoms with van der Waals surface area (Å²) < 4.78 is 0. The van der Waals surface area contributed by atoms with Gasteiger partial charge in [-0.25, -0.2) is 0 Å². The van der Waals surface area contributed by atoms with Crippen LogP contribution >= 0.6 is 11.6 Å². The highest BCUT2D eigenvalue weighted by molar-refractivity contribution is 6.35. The van der Waals surface area contributed by atoms with Crippen molar-refractivity contribution in [3.05, 3.63) is 35.0 Å². The van der Waals surface area contributed by atoms with E-state index in [9.17, 15) is 5.11 Å². The van der Waals surface area contributed by atoms with E-state index in [2.05, 4.69) is 4.98 Å². The number of halogens is 1. The summed E-state index contributed by atoms with van der Waals surface area (Å²) in [4.78, 5) is 5.80. The molecule has 0 amide bonds. The highest BCUT2D eigenvalue weighted by atomic mass is 35.5. The molecule has 0 saturated carbocycles. The minimum absolute atomic E-state index is 0.293. The predicted octanol–water partition coefficient (Wildman–Crippen LogP) is 2.55. The van der Waals surface area contributed by atoms with Gasteiger partial charge < -0.3 is 10.0 Å². The first-order valence-corrected chi connectivity index (χ1v) is 7.72. The molecule has 3 nitrogen and oxygen atoms in total.